The van der Waals surface area contributed by atoms with Crippen molar-refractivity contribution in [2.75, 3.05) is 5.32 Å². The lowest BCUT2D eigenvalue weighted by atomic mass is 10.2. The van der Waals surface area contributed by atoms with Crippen molar-refractivity contribution < 1.29 is 9.32 Å². The van der Waals surface area contributed by atoms with E-state index in [0.29, 0.717) is 15.8 Å². The number of halogens is 1. The van der Waals surface area contributed by atoms with Crippen molar-refractivity contribution in [2.45, 2.75) is 6.92 Å². The van der Waals surface area contributed by atoms with E-state index < -0.39 is 11.6 Å². The molecule has 0 aliphatic carbocycles. The number of rotatable bonds is 3. The van der Waals surface area contributed by atoms with Crippen LogP contribution in [0, 0.1) is 6.92 Å². The lowest BCUT2D eigenvalue weighted by Gasteiger charge is -2.02. The molecule has 22 heavy (non-hydrogen) atoms. The summed E-state index contributed by atoms with van der Waals surface area (Å²) in [6.45, 7) is 1.70. The van der Waals surface area contributed by atoms with Crippen molar-refractivity contribution in [3.05, 3.63) is 50.5 Å². The van der Waals surface area contributed by atoms with E-state index in [0.717, 1.165) is 4.88 Å². The molecule has 0 fully saturated rings. The Bertz CT molecular complexity index is 899. The first-order valence-electron chi connectivity index (χ1n) is 6.13. The number of amides is 1. The molecule has 0 atom stereocenters. The average molecular weight is 337 g/mol. The first kappa shape index (κ1) is 14.5. The molecule has 3 aromatic rings. The van der Waals surface area contributed by atoms with Crippen LogP contribution in [0.25, 0.3) is 10.6 Å². The number of carbonyl (C=O) groups excluding carboxylic acids is 1. The SMILES string of the molecule is Cc1cc(NC(=O)c2cc(-c3ccc(Cl)s3)[nH]c(=O)n2)no1. The molecule has 0 aliphatic heterocycles. The quantitative estimate of drug-likeness (QED) is 0.765. The predicted octanol–water partition coefficient (Wildman–Crippen LogP) is 2.70. The molecule has 2 N–H and O–H groups in total. The molecule has 9 heteroatoms. The summed E-state index contributed by atoms with van der Waals surface area (Å²) in [4.78, 5) is 30.7. The van der Waals surface area contributed by atoms with Gasteiger partial charge in [-0.25, -0.2) is 4.79 Å². The second-order valence-corrected chi connectivity index (χ2v) is 6.08. The fourth-order valence-electron chi connectivity index (χ4n) is 1.77. The molecule has 0 aliphatic rings. The summed E-state index contributed by atoms with van der Waals surface area (Å²) in [6.07, 6.45) is 0. The normalized spacial score (nSPS) is 10.6. The highest BCUT2D eigenvalue weighted by atomic mass is 35.5. The van der Waals surface area contributed by atoms with Gasteiger partial charge >= 0.3 is 5.69 Å². The molecule has 0 unspecified atom stereocenters. The van der Waals surface area contributed by atoms with Crippen LogP contribution < -0.4 is 11.0 Å². The van der Waals surface area contributed by atoms with Gasteiger partial charge in [0.2, 0.25) is 0 Å². The van der Waals surface area contributed by atoms with Crippen LogP contribution in [0.5, 0.6) is 0 Å². The van der Waals surface area contributed by atoms with Crippen molar-refractivity contribution >= 4 is 34.7 Å². The number of anilines is 1. The Labute approximate surface area is 132 Å². The molecule has 0 saturated carbocycles. The molecule has 1 amide bonds. The van der Waals surface area contributed by atoms with Crippen molar-refractivity contribution in [3.63, 3.8) is 0 Å². The molecule has 0 bridgehead atoms. The highest BCUT2D eigenvalue weighted by molar-refractivity contribution is 7.19. The predicted molar refractivity (Wildman–Crippen MR) is 82.4 cm³/mol. The second-order valence-electron chi connectivity index (χ2n) is 4.37. The van der Waals surface area contributed by atoms with Gasteiger partial charge in [0, 0.05) is 6.07 Å². The number of nitrogens with one attached hydrogen (secondary N) is 2. The van der Waals surface area contributed by atoms with Crippen molar-refractivity contribution in [3.8, 4) is 10.6 Å². The minimum Gasteiger partial charge on any atom is -0.360 e. The van der Waals surface area contributed by atoms with Gasteiger partial charge in [-0.15, -0.1) is 11.3 Å². The van der Waals surface area contributed by atoms with E-state index >= 15 is 0 Å². The Balaban J connectivity index is 1.92. The Hall–Kier alpha value is -2.45. The van der Waals surface area contributed by atoms with E-state index in [9.17, 15) is 9.59 Å². The van der Waals surface area contributed by atoms with Gasteiger partial charge in [-0.05, 0) is 25.1 Å². The van der Waals surface area contributed by atoms with Crippen LogP contribution in [-0.4, -0.2) is 21.0 Å². The third kappa shape index (κ3) is 3.07. The van der Waals surface area contributed by atoms with Gasteiger partial charge < -0.3 is 14.8 Å². The molecule has 3 heterocycles. The minimum atomic E-state index is -0.622. The Kier molecular flexibility index (Phi) is 3.78. The molecule has 0 radical (unpaired) electrons. The summed E-state index contributed by atoms with van der Waals surface area (Å²) in [6, 6.07) is 6.50. The van der Waals surface area contributed by atoms with Crippen LogP contribution in [0.3, 0.4) is 0 Å². The second kappa shape index (κ2) is 5.74. The van der Waals surface area contributed by atoms with Gasteiger partial charge in [-0.2, -0.15) is 4.98 Å². The van der Waals surface area contributed by atoms with Crippen LogP contribution >= 0.6 is 22.9 Å². The zero-order valence-corrected chi connectivity index (χ0v) is 12.8. The molecular formula is C13H9ClN4O3S. The van der Waals surface area contributed by atoms with Gasteiger partial charge in [0.1, 0.15) is 11.5 Å². The number of aromatic amines is 1. The third-order valence-corrected chi connectivity index (χ3v) is 3.95. The van der Waals surface area contributed by atoms with E-state index in [1.165, 1.54) is 17.4 Å². The van der Waals surface area contributed by atoms with Gasteiger partial charge in [-0.1, -0.05) is 16.8 Å². The molecule has 3 rings (SSSR count). The smallest absolute Gasteiger partial charge is 0.346 e. The molecule has 0 spiro atoms. The largest absolute Gasteiger partial charge is 0.360 e. The highest BCUT2D eigenvalue weighted by Crippen LogP contribution is 2.29. The summed E-state index contributed by atoms with van der Waals surface area (Å²) in [7, 11) is 0. The highest BCUT2D eigenvalue weighted by Gasteiger charge is 2.14. The Morgan fingerprint density at radius 1 is 1.41 bits per heavy atom. The summed E-state index contributed by atoms with van der Waals surface area (Å²) in [5.41, 5.74) is -0.175. The minimum absolute atomic E-state index is 0.0241. The van der Waals surface area contributed by atoms with Crippen molar-refractivity contribution in [2.24, 2.45) is 0 Å². The number of nitrogens with zero attached hydrogens (tertiary/aromatic N) is 2. The number of carbonyl (C=O) groups is 1. The lowest BCUT2D eigenvalue weighted by Crippen LogP contribution is -2.21. The van der Waals surface area contributed by atoms with Crippen molar-refractivity contribution in [1.82, 2.24) is 15.1 Å². The van der Waals surface area contributed by atoms with E-state index in [2.05, 4.69) is 20.4 Å². The van der Waals surface area contributed by atoms with Crippen LogP contribution in [0.4, 0.5) is 5.82 Å². The number of aromatic nitrogens is 3. The summed E-state index contributed by atoms with van der Waals surface area (Å²) in [5, 5.41) is 6.16. The maximum atomic E-state index is 12.1. The van der Waals surface area contributed by atoms with Crippen molar-refractivity contribution in [1.29, 1.82) is 0 Å². The monoisotopic (exact) mass is 336 g/mol. The average Bonchev–Trinajstić information content (AvgIpc) is 3.07. The summed E-state index contributed by atoms with van der Waals surface area (Å²) >= 11 is 7.16. The standard InChI is InChI=1S/C13H9ClN4O3S/c1-6-4-11(18-21-6)17-12(19)8-5-7(15-13(20)16-8)9-2-3-10(14)22-9/h2-5H,1H3,(H,15,16,20)(H,17,18,19). The maximum absolute atomic E-state index is 12.1. The number of hydrogen-bond donors (Lipinski definition) is 2. The Morgan fingerprint density at radius 2 is 2.23 bits per heavy atom. The topological polar surface area (TPSA) is 101 Å². The summed E-state index contributed by atoms with van der Waals surface area (Å²) < 4.78 is 5.44. The molecular weight excluding hydrogens is 328 g/mol. The first-order chi connectivity index (χ1) is 10.5. The van der Waals surface area contributed by atoms with E-state index in [1.54, 1.807) is 25.1 Å². The van der Waals surface area contributed by atoms with Crippen LogP contribution in [0.15, 0.2) is 33.6 Å². The fraction of sp³-hybridized carbons (Fsp3) is 0.0769. The zero-order valence-electron chi connectivity index (χ0n) is 11.2. The maximum Gasteiger partial charge on any atom is 0.346 e. The molecule has 7 nitrogen and oxygen atoms in total. The molecule has 0 saturated heterocycles. The van der Waals surface area contributed by atoms with E-state index in [-0.39, 0.29) is 11.5 Å². The van der Waals surface area contributed by atoms with Crippen LogP contribution in [0.1, 0.15) is 16.2 Å². The Morgan fingerprint density at radius 3 is 2.86 bits per heavy atom. The van der Waals surface area contributed by atoms with Gasteiger partial charge in [-0.3, -0.25) is 4.79 Å². The number of aryl methyl sites for hydroxylation is 1. The van der Waals surface area contributed by atoms with Gasteiger partial charge in [0.05, 0.1) is 14.9 Å². The first-order valence-corrected chi connectivity index (χ1v) is 7.32. The molecule has 0 aromatic carbocycles. The van der Waals surface area contributed by atoms with E-state index in [1.807, 2.05) is 0 Å². The van der Waals surface area contributed by atoms with E-state index in [4.69, 9.17) is 16.1 Å². The zero-order chi connectivity index (χ0) is 15.7. The van der Waals surface area contributed by atoms with Gasteiger partial charge in [0.25, 0.3) is 5.91 Å². The fourth-order valence-corrected chi connectivity index (χ4v) is 2.79. The van der Waals surface area contributed by atoms with Crippen LogP contribution in [-0.2, 0) is 0 Å². The lowest BCUT2D eigenvalue weighted by molar-refractivity contribution is 0.102. The number of hydrogen-bond acceptors (Lipinski definition) is 6. The summed E-state index contributed by atoms with van der Waals surface area (Å²) in [5.74, 6) is 0.261. The molecule has 3 aromatic heterocycles. The van der Waals surface area contributed by atoms with Crippen LogP contribution in [0.2, 0.25) is 4.34 Å². The van der Waals surface area contributed by atoms with Gasteiger partial charge in [0.15, 0.2) is 5.82 Å². The molecule has 112 valence electrons. The third-order valence-electron chi connectivity index (χ3n) is 2.69. The number of H-pyrrole nitrogens is 1. The number of thiophene rings is 1.